The van der Waals surface area contributed by atoms with Crippen molar-refractivity contribution < 1.29 is 9.53 Å². The predicted molar refractivity (Wildman–Crippen MR) is 93.0 cm³/mol. The van der Waals surface area contributed by atoms with Crippen LogP contribution in [0.1, 0.15) is 24.3 Å². The summed E-state index contributed by atoms with van der Waals surface area (Å²) in [6.45, 7) is 7.84. The second-order valence-corrected chi connectivity index (χ2v) is 8.27. The summed E-state index contributed by atoms with van der Waals surface area (Å²) in [5.41, 5.74) is 0.289. The van der Waals surface area contributed by atoms with Crippen LogP contribution in [0.2, 0.25) is 0 Å². The van der Waals surface area contributed by atoms with Gasteiger partial charge in [-0.3, -0.25) is 4.90 Å². The Labute approximate surface area is 147 Å². The molecule has 1 aromatic rings. The van der Waals surface area contributed by atoms with Crippen molar-refractivity contribution in [2.45, 2.75) is 25.8 Å². The average Bonchev–Trinajstić information content (AvgIpc) is 3.26. The molecule has 1 atom stereocenters. The first kappa shape index (κ1) is 16.3. The van der Waals surface area contributed by atoms with Crippen LogP contribution in [0.4, 0.5) is 4.79 Å². The minimum absolute atomic E-state index is 0.215. The maximum absolute atomic E-state index is 12.7. The summed E-state index contributed by atoms with van der Waals surface area (Å²) in [6.07, 6.45) is 5.49. The van der Waals surface area contributed by atoms with E-state index in [1.165, 1.54) is 17.8 Å². The van der Waals surface area contributed by atoms with Gasteiger partial charge >= 0.3 is 6.03 Å². The number of nitrogens with zero attached hydrogens (tertiary/aromatic N) is 4. The highest BCUT2D eigenvalue weighted by molar-refractivity contribution is 7.09. The van der Waals surface area contributed by atoms with Gasteiger partial charge in [-0.1, -0.05) is 0 Å². The van der Waals surface area contributed by atoms with Gasteiger partial charge in [0.25, 0.3) is 0 Å². The Morgan fingerprint density at radius 3 is 2.83 bits per heavy atom. The largest absolute Gasteiger partial charge is 0.378 e. The molecule has 3 aliphatic rings. The van der Waals surface area contributed by atoms with Gasteiger partial charge in [0, 0.05) is 49.7 Å². The molecule has 0 aliphatic carbocycles. The molecule has 0 N–H and O–H groups in total. The Morgan fingerprint density at radius 1 is 1.17 bits per heavy atom. The Balaban J connectivity index is 1.36. The summed E-state index contributed by atoms with van der Waals surface area (Å²) in [5, 5.41) is 3.25. The quantitative estimate of drug-likeness (QED) is 0.817. The smallest absolute Gasteiger partial charge is 0.320 e. The third-order valence-corrected chi connectivity index (χ3v) is 6.34. The molecular weight excluding hydrogens is 324 g/mol. The number of hydrogen-bond donors (Lipinski definition) is 0. The van der Waals surface area contributed by atoms with E-state index in [2.05, 4.69) is 14.8 Å². The van der Waals surface area contributed by atoms with E-state index in [0.29, 0.717) is 13.2 Å². The van der Waals surface area contributed by atoms with E-state index in [4.69, 9.17) is 4.74 Å². The zero-order valence-electron chi connectivity index (χ0n) is 14.2. The van der Waals surface area contributed by atoms with Crippen molar-refractivity contribution >= 4 is 17.4 Å². The maximum atomic E-state index is 12.7. The number of hydrogen-bond acceptors (Lipinski definition) is 5. The van der Waals surface area contributed by atoms with Crippen molar-refractivity contribution in [3.8, 4) is 0 Å². The van der Waals surface area contributed by atoms with Gasteiger partial charge in [-0.05, 0) is 25.8 Å². The van der Waals surface area contributed by atoms with Crippen LogP contribution in [0, 0.1) is 5.41 Å². The van der Waals surface area contributed by atoms with Crippen LogP contribution in [0.25, 0.3) is 0 Å². The summed E-state index contributed by atoms with van der Waals surface area (Å²) in [6, 6.07) is 0.215. The number of piperidine rings is 1. The summed E-state index contributed by atoms with van der Waals surface area (Å²) in [5.74, 6) is 0. The molecule has 132 valence electrons. The van der Waals surface area contributed by atoms with Crippen molar-refractivity contribution in [1.82, 2.24) is 19.7 Å². The zero-order chi connectivity index (χ0) is 16.4. The molecule has 3 aliphatic heterocycles. The van der Waals surface area contributed by atoms with Gasteiger partial charge in [-0.25, -0.2) is 9.78 Å². The molecule has 0 saturated carbocycles. The highest BCUT2D eigenvalue weighted by Crippen LogP contribution is 2.39. The second kappa shape index (κ2) is 6.98. The van der Waals surface area contributed by atoms with Gasteiger partial charge in [0.15, 0.2) is 0 Å². The lowest BCUT2D eigenvalue weighted by atomic mass is 9.79. The summed E-state index contributed by atoms with van der Waals surface area (Å²) in [7, 11) is 0. The molecule has 0 bridgehead atoms. The third-order valence-electron chi connectivity index (χ3n) is 5.57. The molecule has 7 heteroatoms. The predicted octanol–water partition coefficient (Wildman–Crippen LogP) is 1.88. The van der Waals surface area contributed by atoms with E-state index >= 15 is 0 Å². The highest BCUT2D eigenvalue weighted by atomic mass is 32.1. The number of likely N-dealkylation sites (tertiary alicyclic amines) is 2. The van der Waals surface area contributed by atoms with E-state index < -0.39 is 0 Å². The average molecular weight is 350 g/mol. The monoisotopic (exact) mass is 350 g/mol. The number of aromatic nitrogens is 1. The topological polar surface area (TPSA) is 48.9 Å². The number of carbonyl (C=O) groups excluding carboxylic acids is 1. The first-order valence-electron chi connectivity index (χ1n) is 8.97. The van der Waals surface area contributed by atoms with E-state index in [1.54, 1.807) is 11.3 Å². The number of carbonyl (C=O) groups is 1. The Hall–Kier alpha value is -1.18. The van der Waals surface area contributed by atoms with E-state index in [-0.39, 0.29) is 11.4 Å². The fourth-order valence-corrected chi connectivity index (χ4v) is 5.01. The Bertz CT molecular complexity index is 561. The number of urea groups is 1. The number of amides is 2. The van der Waals surface area contributed by atoms with Crippen LogP contribution >= 0.6 is 11.3 Å². The van der Waals surface area contributed by atoms with Crippen LogP contribution in [-0.4, -0.2) is 78.2 Å². The number of ether oxygens (including phenoxy) is 1. The molecular formula is C17H26N4O2S. The minimum Gasteiger partial charge on any atom is -0.378 e. The second-order valence-electron chi connectivity index (χ2n) is 7.29. The molecule has 0 radical (unpaired) electrons. The molecule has 0 unspecified atom stereocenters. The third kappa shape index (κ3) is 3.43. The van der Waals surface area contributed by atoms with Crippen LogP contribution < -0.4 is 0 Å². The summed E-state index contributed by atoms with van der Waals surface area (Å²) in [4.78, 5) is 23.7. The molecule has 2 amide bonds. The lowest BCUT2D eigenvalue weighted by Crippen LogP contribution is -2.49. The van der Waals surface area contributed by atoms with Crippen molar-refractivity contribution in [3.63, 3.8) is 0 Å². The molecule has 3 fully saturated rings. The van der Waals surface area contributed by atoms with Gasteiger partial charge in [0.1, 0.15) is 5.01 Å². The normalized spacial score (nSPS) is 28.7. The fraction of sp³-hybridized carbons (Fsp3) is 0.765. The van der Waals surface area contributed by atoms with Crippen molar-refractivity contribution in [1.29, 1.82) is 0 Å². The van der Waals surface area contributed by atoms with Gasteiger partial charge in [0.05, 0.1) is 19.8 Å². The van der Waals surface area contributed by atoms with Gasteiger partial charge in [-0.15, -0.1) is 11.3 Å². The first-order chi connectivity index (χ1) is 11.7. The van der Waals surface area contributed by atoms with Crippen LogP contribution in [0.15, 0.2) is 11.6 Å². The van der Waals surface area contributed by atoms with E-state index in [1.807, 2.05) is 16.5 Å². The molecule has 0 aromatic carbocycles. The highest BCUT2D eigenvalue weighted by Gasteiger charge is 2.43. The first-order valence-corrected chi connectivity index (χ1v) is 9.84. The number of thiazole rings is 1. The lowest BCUT2D eigenvalue weighted by Gasteiger charge is -2.40. The molecule has 1 spiro atoms. The lowest BCUT2D eigenvalue weighted by molar-refractivity contribution is 0.0419. The van der Waals surface area contributed by atoms with Crippen molar-refractivity contribution in [2.75, 3.05) is 52.5 Å². The SMILES string of the molecule is O=C(N1CCOCC1)N1CC[C@]2(CCCN(Cc3nccs3)C2)C1. The molecule has 6 nitrogen and oxygen atoms in total. The molecule has 4 heterocycles. The molecule has 3 saturated heterocycles. The van der Waals surface area contributed by atoms with Gasteiger partial charge < -0.3 is 14.5 Å². The summed E-state index contributed by atoms with van der Waals surface area (Å²) >= 11 is 1.74. The molecule has 1 aromatic heterocycles. The maximum Gasteiger partial charge on any atom is 0.320 e. The zero-order valence-corrected chi connectivity index (χ0v) is 15.0. The minimum atomic E-state index is 0.215. The van der Waals surface area contributed by atoms with Crippen molar-refractivity contribution in [3.05, 3.63) is 16.6 Å². The van der Waals surface area contributed by atoms with E-state index in [0.717, 1.165) is 52.2 Å². The molecule has 4 rings (SSSR count). The fourth-order valence-electron chi connectivity index (χ4n) is 4.35. The van der Waals surface area contributed by atoms with Gasteiger partial charge in [0.2, 0.25) is 0 Å². The number of morpholine rings is 1. The van der Waals surface area contributed by atoms with Crippen LogP contribution in [0.3, 0.4) is 0 Å². The van der Waals surface area contributed by atoms with Crippen LogP contribution in [0.5, 0.6) is 0 Å². The van der Waals surface area contributed by atoms with Crippen molar-refractivity contribution in [2.24, 2.45) is 5.41 Å². The van der Waals surface area contributed by atoms with Gasteiger partial charge in [-0.2, -0.15) is 0 Å². The summed E-state index contributed by atoms with van der Waals surface area (Å²) < 4.78 is 5.36. The van der Waals surface area contributed by atoms with Crippen LogP contribution in [-0.2, 0) is 11.3 Å². The standard InChI is InChI=1S/C17H26N4O2S/c22-16(20-7-9-23-10-8-20)21-6-3-17(14-21)2-1-5-19(13-17)12-15-18-4-11-24-15/h4,11H,1-3,5-10,12-14H2/t17-/m0/s1. The van der Waals surface area contributed by atoms with E-state index in [9.17, 15) is 4.79 Å². The number of rotatable bonds is 2. The Kier molecular flexibility index (Phi) is 4.74. The Morgan fingerprint density at radius 2 is 2.04 bits per heavy atom. The molecule has 24 heavy (non-hydrogen) atoms.